The summed E-state index contributed by atoms with van der Waals surface area (Å²) in [5.74, 6) is 0. The van der Waals surface area contributed by atoms with Gasteiger partial charge in [0.25, 0.3) is 0 Å². The Labute approximate surface area is 101 Å². The van der Waals surface area contributed by atoms with Crippen LogP contribution >= 0.6 is 0 Å². The zero-order valence-electron chi connectivity index (χ0n) is 10.6. The lowest BCUT2D eigenvalue weighted by Gasteiger charge is -2.30. The van der Waals surface area contributed by atoms with Crippen molar-refractivity contribution in [2.24, 2.45) is 0 Å². The maximum atomic E-state index is 10.9. The second-order valence-electron chi connectivity index (χ2n) is 4.64. The van der Waals surface area contributed by atoms with E-state index in [0.29, 0.717) is 12.1 Å². The molecule has 0 saturated carbocycles. The van der Waals surface area contributed by atoms with Crippen LogP contribution in [0.1, 0.15) is 21.7 Å². The molecule has 0 spiro atoms. The van der Waals surface area contributed by atoms with Gasteiger partial charge in [0.2, 0.25) is 0 Å². The highest BCUT2D eigenvalue weighted by molar-refractivity contribution is 5.77. The fourth-order valence-electron chi connectivity index (χ4n) is 2.23. The van der Waals surface area contributed by atoms with Gasteiger partial charge in [-0.1, -0.05) is 0 Å². The molecule has 1 aromatic rings. The molecule has 0 N–H and O–H groups in total. The third kappa shape index (κ3) is 2.56. The number of morpholine rings is 1. The molecule has 1 aromatic heterocycles. The molecule has 5 heteroatoms. The first-order valence-electron chi connectivity index (χ1n) is 5.91. The van der Waals surface area contributed by atoms with E-state index in [1.54, 1.807) is 0 Å². The van der Waals surface area contributed by atoms with Gasteiger partial charge >= 0.3 is 0 Å². The van der Waals surface area contributed by atoms with Crippen molar-refractivity contribution in [3.05, 3.63) is 17.0 Å². The SMILES string of the molecule is Cc1nn(CC2CN(C)CCO2)c(C)c1C=O. The predicted molar refractivity (Wildman–Crippen MR) is 64.3 cm³/mol. The Balaban J connectivity index is 2.10. The largest absolute Gasteiger partial charge is 0.374 e. The van der Waals surface area contributed by atoms with Crippen molar-refractivity contribution in [3.63, 3.8) is 0 Å². The first-order chi connectivity index (χ1) is 8.11. The Bertz CT molecular complexity index is 414. The molecule has 1 aliphatic rings. The summed E-state index contributed by atoms with van der Waals surface area (Å²) in [5.41, 5.74) is 2.42. The maximum absolute atomic E-state index is 10.9. The van der Waals surface area contributed by atoms with E-state index < -0.39 is 0 Å². The Kier molecular flexibility index (Phi) is 3.59. The van der Waals surface area contributed by atoms with E-state index in [1.807, 2.05) is 18.5 Å². The van der Waals surface area contributed by atoms with Crippen LogP contribution in [0.2, 0.25) is 0 Å². The lowest BCUT2D eigenvalue weighted by Crippen LogP contribution is -2.42. The summed E-state index contributed by atoms with van der Waals surface area (Å²) in [6.07, 6.45) is 1.04. The number of rotatable bonds is 3. The van der Waals surface area contributed by atoms with E-state index in [2.05, 4.69) is 17.0 Å². The Morgan fingerprint density at radius 3 is 2.88 bits per heavy atom. The molecule has 2 rings (SSSR count). The van der Waals surface area contributed by atoms with Gasteiger partial charge in [-0.2, -0.15) is 5.10 Å². The predicted octanol–water partition coefficient (Wildman–Crippen LogP) is 0.643. The second-order valence-corrected chi connectivity index (χ2v) is 4.64. The van der Waals surface area contributed by atoms with Gasteiger partial charge in [0, 0.05) is 18.8 Å². The van der Waals surface area contributed by atoms with Crippen molar-refractivity contribution >= 4 is 6.29 Å². The normalized spacial score (nSPS) is 21.7. The van der Waals surface area contributed by atoms with Crippen LogP contribution in [0.3, 0.4) is 0 Å². The zero-order chi connectivity index (χ0) is 12.4. The summed E-state index contributed by atoms with van der Waals surface area (Å²) in [6.45, 7) is 7.16. The standard InChI is InChI=1S/C12H19N3O2/c1-9-12(8-16)10(2)15(13-9)7-11-6-14(3)4-5-17-11/h8,11H,4-7H2,1-3H3. The molecule has 1 aliphatic heterocycles. The van der Waals surface area contributed by atoms with Crippen LogP contribution in [0, 0.1) is 13.8 Å². The minimum atomic E-state index is 0.159. The first kappa shape index (κ1) is 12.3. The van der Waals surface area contributed by atoms with Crippen LogP contribution in [0.25, 0.3) is 0 Å². The number of carbonyl (C=O) groups excluding carboxylic acids is 1. The van der Waals surface area contributed by atoms with Crippen LogP contribution in [0.5, 0.6) is 0 Å². The van der Waals surface area contributed by atoms with E-state index in [9.17, 15) is 4.79 Å². The van der Waals surface area contributed by atoms with E-state index in [1.165, 1.54) is 0 Å². The summed E-state index contributed by atoms with van der Waals surface area (Å²) in [7, 11) is 2.09. The molecule has 0 aromatic carbocycles. The molecular formula is C12H19N3O2. The lowest BCUT2D eigenvalue weighted by atomic mass is 10.2. The first-order valence-corrected chi connectivity index (χ1v) is 5.91. The van der Waals surface area contributed by atoms with E-state index in [0.717, 1.165) is 37.4 Å². The Morgan fingerprint density at radius 2 is 2.29 bits per heavy atom. The molecule has 0 amide bonds. The molecule has 1 unspecified atom stereocenters. The summed E-state index contributed by atoms with van der Waals surface area (Å²) in [4.78, 5) is 13.2. The highest BCUT2D eigenvalue weighted by Gasteiger charge is 2.20. The minimum absolute atomic E-state index is 0.159. The van der Waals surface area contributed by atoms with Crippen molar-refractivity contribution in [2.45, 2.75) is 26.5 Å². The summed E-state index contributed by atoms with van der Waals surface area (Å²) < 4.78 is 7.58. The minimum Gasteiger partial charge on any atom is -0.374 e. The summed E-state index contributed by atoms with van der Waals surface area (Å²) >= 11 is 0. The van der Waals surface area contributed by atoms with Gasteiger partial charge in [0.1, 0.15) is 0 Å². The van der Waals surface area contributed by atoms with Gasteiger partial charge in [-0.25, -0.2) is 0 Å². The van der Waals surface area contributed by atoms with E-state index >= 15 is 0 Å². The van der Waals surface area contributed by atoms with Crippen molar-refractivity contribution < 1.29 is 9.53 Å². The number of hydrogen-bond acceptors (Lipinski definition) is 4. The van der Waals surface area contributed by atoms with Crippen LogP contribution in [-0.4, -0.2) is 53.8 Å². The van der Waals surface area contributed by atoms with Gasteiger partial charge in [-0.3, -0.25) is 9.48 Å². The number of aldehydes is 1. The molecule has 1 fully saturated rings. The molecule has 0 bridgehead atoms. The molecular weight excluding hydrogens is 218 g/mol. The number of likely N-dealkylation sites (N-methyl/N-ethyl adjacent to an activating group) is 1. The molecule has 17 heavy (non-hydrogen) atoms. The maximum Gasteiger partial charge on any atom is 0.153 e. The van der Waals surface area contributed by atoms with Crippen molar-refractivity contribution in [2.75, 3.05) is 26.7 Å². The highest BCUT2D eigenvalue weighted by Crippen LogP contribution is 2.13. The molecule has 1 atom stereocenters. The van der Waals surface area contributed by atoms with Crippen molar-refractivity contribution in [1.29, 1.82) is 0 Å². The third-order valence-electron chi connectivity index (χ3n) is 3.27. The Hall–Kier alpha value is -1.20. The fourth-order valence-corrected chi connectivity index (χ4v) is 2.23. The number of carbonyl (C=O) groups is 1. The summed E-state index contributed by atoms with van der Waals surface area (Å²) in [6, 6.07) is 0. The molecule has 1 saturated heterocycles. The van der Waals surface area contributed by atoms with Crippen LogP contribution in [-0.2, 0) is 11.3 Å². The number of aryl methyl sites for hydroxylation is 1. The van der Waals surface area contributed by atoms with Gasteiger partial charge in [-0.15, -0.1) is 0 Å². The van der Waals surface area contributed by atoms with Gasteiger partial charge in [0.15, 0.2) is 6.29 Å². The van der Waals surface area contributed by atoms with Crippen LogP contribution < -0.4 is 0 Å². The molecule has 94 valence electrons. The van der Waals surface area contributed by atoms with Crippen molar-refractivity contribution in [3.8, 4) is 0 Å². The van der Waals surface area contributed by atoms with E-state index in [4.69, 9.17) is 4.74 Å². The smallest absolute Gasteiger partial charge is 0.153 e. The van der Waals surface area contributed by atoms with Gasteiger partial charge < -0.3 is 9.64 Å². The van der Waals surface area contributed by atoms with Gasteiger partial charge in [-0.05, 0) is 20.9 Å². The zero-order valence-corrected chi connectivity index (χ0v) is 10.6. The lowest BCUT2D eigenvalue weighted by molar-refractivity contribution is -0.0293. The van der Waals surface area contributed by atoms with E-state index in [-0.39, 0.29) is 6.10 Å². The number of aromatic nitrogens is 2. The summed E-state index contributed by atoms with van der Waals surface area (Å²) in [5, 5.41) is 4.39. The average molecular weight is 237 g/mol. The third-order valence-corrected chi connectivity index (χ3v) is 3.27. The molecule has 5 nitrogen and oxygen atoms in total. The second kappa shape index (κ2) is 4.98. The molecule has 2 heterocycles. The number of ether oxygens (including phenoxy) is 1. The Morgan fingerprint density at radius 1 is 1.53 bits per heavy atom. The van der Waals surface area contributed by atoms with Crippen LogP contribution in [0.4, 0.5) is 0 Å². The van der Waals surface area contributed by atoms with Crippen LogP contribution in [0.15, 0.2) is 0 Å². The molecule has 0 radical (unpaired) electrons. The average Bonchev–Trinajstić information content (AvgIpc) is 2.54. The monoisotopic (exact) mass is 237 g/mol. The molecule has 0 aliphatic carbocycles. The number of nitrogens with zero attached hydrogens (tertiary/aromatic N) is 3. The van der Waals surface area contributed by atoms with Crippen molar-refractivity contribution in [1.82, 2.24) is 14.7 Å². The topological polar surface area (TPSA) is 47.4 Å². The van der Waals surface area contributed by atoms with Gasteiger partial charge in [0.05, 0.1) is 30.5 Å². The highest BCUT2D eigenvalue weighted by atomic mass is 16.5. The quantitative estimate of drug-likeness (QED) is 0.724. The number of hydrogen-bond donors (Lipinski definition) is 0. The fraction of sp³-hybridized carbons (Fsp3) is 0.667.